The third-order valence-corrected chi connectivity index (χ3v) is 4.06. The minimum atomic E-state index is -0.601. The summed E-state index contributed by atoms with van der Waals surface area (Å²) in [4.78, 5) is 13.8. The molecular weight excluding hydrogens is 222 g/mol. The van der Waals surface area contributed by atoms with Crippen LogP contribution in [-0.2, 0) is 4.79 Å². The lowest BCUT2D eigenvalue weighted by molar-refractivity contribution is -0.132. The van der Waals surface area contributed by atoms with Crippen molar-refractivity contribution in [3.05, 3.63) is 0 Å². The van der Waals surface area contributed by atoms with Crippen LogP contribution in [0.3, 0.4) is 0 Å². The third kappa shape index (κ3) is 2.09. The molecule has 1 saturated carbocycles. The Kier molecular flexibility index (Phi) is 3.24. The number of nitrogens with zero attached hydrogens (tertiary/aromatic N) is 2. The largest absolute Gasteiger partial charge is 0.409 e. The number of fused-ring (bicyclic) bond motifs is 1. The molecule has 0 aromatic heterocycles. The van der Waals surface area contributed by atoms with E-state index < -0.39 is 5.92 Å². The van der Waals surface area contributed by atoms with Crippen LogP contribution in [-0.4, -0.2) is 46.1 Å². The van der Waals surface area contributed by atoms with Crippen LogP contribution in [0.25, 0.3) is 0 Å². The standard InChI is InChI=1S/C11H19N3O3/c1-6(10(12)13-17)11(16)14-4-7-2-3-9(15)8(7)5-14/h6-9,15,17H,2-5H2,1H3,(H2,12,13). The number of aliphatic hydroxyl groups excluding tert-OH is 1. The number of carbonyl (C=O) groups excluding carboxylic acids is 1. The van der Waals surface area contributed by atoms with Gasteiger partial charge >= 0.3 is 0 Å². The van der Waals surface area contributed by atoms with Gasteiger partial charge in [-0.2, -0.15) is 0 Å². The molecule has 17 heavy (non-hydrogen) atoms. The van der Waals surface area contributed by atoms with E-state index in [-0.39, 0.29) is 23.8 Å². The van der Waals surface area contributed by atoms with Crippen molar-refractivity contribution in [3.8, 4) is 0 Å². The van der Waals surface area contributed by atoms with Crippen molar-refractivity contribution >= 4 is 11.7 Å². The predicted molar refractivity (Wildman–Crippen MR) is 61.4 cm³/mol. The summed E-state index contributed by atoms with van der Waals surface area (Å²) >= 11 is 0. The molecule has 0 bridgehead atoms. The highest BCUT2D eigenvalue weighted by molar-refractivity contribution is 6.01. The predicted octanol–water partition coefficient (Wildman–Crippen LogP) is -0.402. The highest BCUT2D eigenvalue weighted by Gasteiger charge is 2.44. The van der Waals surface area contributed by atoms with Gasteiger partial charge in [0.25, 0.3) is 0 Å². The van der Waals surface area contributed by atoms with Gasteiger partial charge in [0.05, 0.1) is 12.0 Å². The molecule has 1 amide bonds. The number of hydrogen-bond donors (Lipinski definition) is 3. The molecule has 1 saturated heterocycles. The summed E-state index contributed by atoms with van der Waals surface area (Å²) in [5.41, 5.74) is 5.43. The highest BCUT2D eigenvalue weighted by atomic mass is 16.4. The average molecular weight is 241 g/mol. The number of nitrogens with two attached hydrogens (primary N) is 1. The van der Waals surface area contributed by atoms with Crippen LogP contribution in [0.4, 0.5) is 0 Å². The van der Waals surface area contributed by atoms with Crippen molar-refractivity contribution in [3.63, 3.8) is 0 Å². The van der Waals surface area contributed by atoms with E-state index in [0.717, 1.165) is 12.8 Å². The molecule has 4 N–H and O–H groups in total. The van der Waals surface area contributed by atoms with Crippen molar-refractivity contribution in [1.82, 2.24) is 4.90 Å². The summed E-state index contributed by atoms with van der Waals surface area (Å²) in [7, 11) is 0. The van der Waals surface area contributed by atoms with Crippen molar-refractivity contribution in [2.45, 2.75) is 25.9 Å². The van der Waals surface area contributed by atoms with Gasteiger partial charge in [0.2, 0.25) is 5.91 Å². The number of rotatable bonds is 2. The fourth-order valence-electron chi connectivity index (χ4n) is 2.90. The molecule has 2 fully saturated rings. The fraction of sp³-hybridized carbons (Fsp3) is 0.818. The first-order valence-corrected chi connectivity index (χ1v) is 5.99. The van der Waals surface area contributed by atoms with E-state index in [1.165, 1.54) is 0 Å². The lowest BCUT2D eigenvalue weighted by atomic mass is 10.00. The maximum Gasteiger partial charge on any atom is 0.233 e. The molecule has 1 aliphatic heterocycles. The van der Waals surface area contributed by atoms with Gasteiger partial charge in [-0.15, -0.1) is 0 Å². The zero-order valence-electron chi connectivity index (χ0n) is 9.91. The summed E-state index contributed by atoms with van der Waals surface area (Å²) in [6, 6.07) is 0. The van der Waals surface area contributed by atoms with Crippen LogP contribution in [0.2, 0.25) is 0 Å². The van der Waals surface area contributed by atoms with E-state index in [9.17, 15) is 9.90 Å². The summed E-state index contributed by atoms with van der Waals surface area (Å²) < 4.78 is 0. The number of carbonyl (C=O) groups is 1. The summed E-state index contributed by atoms with van der Waals surface area (Å²) in [6.07, 6.45) is 1.54. The molecule has 1 aliphatic carbocycles. The Balaban J connectivity index is 1.99. The van der Waals surface area contributed by atoms with Gasteiger partial charge < -0.3 is 20.9 Å². The van der Waals surface area contributed by atoms with E-state index in [4.69, 9.17) is 10.9 Å². The number of oxime groups is 1. The number of likely N-dealkylation sites (tertiary alicyclic amines) is 1. The monoisotopic (exact) mass is 241 g/mol. The van der Waals surface area contributed by atoms with Gasteiger partial charge in [0, 0.05) is 19.0 Å². The van der Waals surface area contributed by atoms with Gasteiger partial charge in [-0.1, -0.05) is 5.16 Å². The molecule has 1 heterocycles. The molecule has 0 aromatic carbocycles. The molecule has 0 spiro atoms. The van der Waals surface area contributed by atoms with Gasteiger partial charge in [0.1, 0.15) is 0 Å². The van der Waals surface area contributed by atoms with Crippen molar-refractivity contribution in [2.24, 2.45) is 28.6 Å². The molecule has 0 aromatic rings. The van der Waals surface area contributed by atoms with Crippen molar-refractivity contribution in [2.75, 3.05) is 13.1 Å². The maximum absolute atomic E-state index is 12.1. The minimum absolute atomic E-state index is 0.0624. The first-order chi connectivity index (χ1) is 8.04. The zero-order valence-corrected chi connectivity index (χ0v) is 9.91. The molecule has 2 rings (SSSR count). The molecule has 2 aliphatic rings. The van der Waals surface area contributed by atoms with Crippen LogP contribution in [0.15, 0.2) is 5.16 Å². The molecule has 4 unspecified atom stereocenters. The Morgan fingerprint density at radius 2 is 2.18 bits per heavy atom. The second-order valence-electron chi connectivity index (χ2n) is 5.06. The van der Waals surface area contributed by atoms with E-state index in [1.807, 2.05) is 0 Å². The summed E-state index contributed by atoms with van der Waals surface area (Å²) in [5, 5.41) is 21.2. The topological polar surface area (TPSA) is 99.2 Å². The van der Waals surface area contributed by atoms with E-state index in [2.05, 4.69) is 5.16 Å². The highest BCUT2D eigenvalue weighted by Crippen LogP contribution is 2.38. The number of amidine groups is 1. The molecule has 0 radical (unpaired) electrons. The van der Waals surface area contributed by atoms with Crippen LogP contribution in [0.1, 0.15) is 19.8 Å². The van der Waals surface area contributed by atoms with E-state index in [1.54, 1.807) is 11.8 Å². The van der Waals surface area contributed by atoms with Crippen LogP contribution in [0.5, 0.6) is 0 Å². The van der Waals surface area contributed by atoms with Crippen molar-refractivity contribution < 1.29 is 15.1 Å². The molecule has 6 heteroatoms. The Morgan fingerprint density at radius 1 is 1.47 bits per heavy atom. The Hall–Kier alpha value is -1.30. The van der Waals surface area contributed by atoms with E-state index >= 15 is 0 Å². The Bertz CT molecular complexity index is 345. The Morgan fingerprint density at radius 3 is 2.76 bits per heavy atom. The lowest BCUT2D eigenvalue weighted by Crippen LogP contribution is -2.40. The minimum Gasteiger partial charge on any atom is -0.409 e. The summed E-state index contributed by atoms with van der Waals surface area (Å²) in [5.74, 6) is -0.169. The van der Waals surface area contributed by atoms with Crippen LogP contribution < -0.4 is 5.73 Å². The quantitative estimate of drug-likeness (QED) is 0.265. The summed E-state index contributed by atoms with van der Waals surface area (Å²) in [6.45, 7) is 2.90. The van der Waals surface area contributed by atoms with Gasteiger partial charge in [-0.3, -0.25) is 4.79 Å². The zero-order chi connectivity index (χ0) is 12.6. The van der Waals surface area contributed by atoms with Crippen molar-refractivity contribution in [1.29, 1.82) is 0 Å². The maximum atomic E-state index is 12.1. The molecule has 6 nitrogen and oxygen atoms in total. The van der Waals surface area contributed by atoms with Gasteiger partial charge in [0.15, 0.2) is 5.84 Å². The smallest absolute Gasteiger partial charge is 0.233 e. The Labute approximate surface area is 100 Å². The van der Waals surface area contributed by atoms with Gasteiger partial charge in [-0.25, -0.2) is 0 Å². The third-order valence-electron chi connectivity index (χ3n) is 4.06. The normalized spacial score (nSPS) is 34.8. The second-order valence-corrected chi connectivity index (χ2v) is 5.06. The molecule has 4 atom stereocenters. The number of hydrogen-bond acceptors (Lipinski definition) is 4. The average Bonchev–Trinajstić information content (AvgIpc) is 2.89. The lowest BCUT2D eigenvalue weighted by Gasteiger charge is -2.21. The molecule has 96 valence electrons. The number of amides is 1. The van der Waals surface area contributed by atoms with Crippen LogP contribution >= 0.6 is 0 Å². The second kappa shape index (κ2) is 4.52. The fourth-order valence-corrected chi connectivity index (χ4v) is 2.90. The van der Waals surface area contributed by atoms with E-state index in [0.29, 0.717) is 19.0 Å². The first-order valence-electron chi connectivity index (χ1n) is 5.99. The first kappa shape index (κ1) is 12.2. The SMILES string of the molecule is CC(C(=O)N1CC2CCC(O)C2C1)C(N)=NO. The molecular formula is C11H19N3O3. The van der Waals surface area contributed by atoms with Gasteiger partial charge in [-0.05, 0) is 25.7 Å². The van der Waals surface area contributed by atoms with Crippen LogP contribution in [0, 0.1) is 17.8 Å². The number of aliphatic hydroxyl groups is 1.